The zero-order chi connectivity index (χ0) is 11.4. The second-order valence-corrected chi connectivity index (χ2v) is 3.69. The van der Waals surface area contributed by atoms with Crippen LogP contribution in [0.25, 0.3) is 11.1 Å². The van der Waals surface area contributed by atoms with Crippen LogP contribution in [-0.4, -0.2) is 11.6 Å². The van der Waals surface area contributed by atoms with Crippen LogP contribution in [0.5, 0.6) is 5.88 Å². The zero-order valence-corrected chi connectivity index (χ0v) is 9.60. The summed E-state index contributed by atoms with van der Waals surface area (Å²) < 4.78 is 5.31. The van der Waals surface area contributed by atoms with Gasteiger partial charge in [-0.1, -0.05) is 29.8 Å². The lowest BCUT2D eigenvalue weighted by Crippen LogP contribution is -1.93. The first-order valence-electron chi connectivity index (χ1n) is 5.45. The normalized spacial score (nSPS) is 10.1. The average Bonchev–Trinajstić information content (AvgIpc) is 2.30. The van der Waals surface area contributed by atoms with Crippen molar-refractivity contribution in [1.82, 2.24) is 4.98 Å². The largest absolute Gasteiger partial charge is 0.478 e. The molecule has 0 aliphatic heterocycles. The third-order valence-electron chi connectivity index (χ3n) is 2.38. The molecule has 0 unspecified atom stereocenters. The first-order chi connectivity index (χ1) is 7.79. The molecule has 0 saturated heterocycles. The Morgan fingerprint density at radius 1 is 1.12 bits per heavy atom. The molecule has 0 fully saturated rings. The fraction of sp³-hybridized carbons (Fsp3) is 0.214. The number of aryl methyl sites for hydroxylation is 1. The quantitative estimate of drug-likeness (QED) is 0.779. The summed E-state index contributed by atoms with van der Waals surface area (Å²) in [5.74, 6) is 0.680. The predicted molar refractivity (Wildman–Crippen MR) is 65.6 cm³/mol. The SMILES string of the molecule is CCOc1ccc(-c2cccc(C)c2)cn1. The minimum Gasteiger partial charge on any atom is -0.478 e. The van der Waals surface area contributed by atoms with Crippen molar-refractivity contribution in [3.8, 4) is 17.0 Å². The first-order valence-corrected chi connectivity index (χ1v) is 5.45. The molecule has 0 radical (unpaired) electrons. The van der Waals surface area contributed by atoms with E-state index in [9.17, 15) is 0 Å². The van der Waals surface area contributed by atoms with Gasteiger partial charge in [0.25, 0.3) is 0 Å². The molecule has 2 rings (SSSR count). The fourth-order valence-electron chi connectivity index (χ4n) is 1.61. The molecular weight excluding hydrogens is 198 g/mol. The summed E-state index contributed by atoms with van der Waals surface area (Å²) in [7, 11) is 0. The molecule has 2 aromatic rings. The van der Waals surface area contributed by atoms with Crippen LogP contribution in [-0.2, 0) is 0 Å². The second kappa shape index (κ2) is 4.79. The smallest absolute Gasteiger partial charge is 0.213 e. The molecule has 0 saturated carbocycles. The summed E-state index contributed by atoms with van der Waals surface area (Å²) in [4.78, 5) is 4.25. The van der Waals surface area contributed by atoms with Gasteiger partial charge in [-0.2, -0.15) is 0 Å². The molecule has 1 aromatic carbocycles. The Labute approximate surface area is 95.9 Å². The van der Waals surface area contributed by atoms with Crippen LogP contribution in [0.4, 0.5) is 0 Å². The standard InChI is InChI=1S/C14H15NO/c1-3-16-14-8-7-13(10-15-14)12-6-4-5-11(2)9-12/h4-10H,3H2,1-2H3. The van der Waals surface area contributed by atoms with Crippen LogP contribution in [0.2, 0.25) is 0 Å². The number of rotatable bonds is 3. The van der Waals surface area contributed by atoms with Crippen molar-refractivity contribution >= 4 is 0 Å². The highest BCUT2D eigenvalue weighted by molar-refractivity contribution is 5.63. The van der Waals surface area contributed by atoms with Crippen molar-refractivity contribution in [2.24, 2.45) is 0 Å². The van der Waals surface area contributed by atoms with E-state index in [0.29, 0.717) is 12.5 Å². The van der Waals surface area contributed by atoms with E-state index in [1.165, 1.54) is 11.1 Å². The molecule has 82 valence electrons. The number of pyridine rings is 1. The lowest BCUT2D eigenvalue weighted by molar-refractivity contribution is 0.327. The maximum Gasteiger partial charge on any atom is 0.213 e. The van der Waals surface area contributed by atoms with Gasteiger partial charge in [0.05, 0.1) is 6.61 Å². The van der Waals surface area contributed by atoms with Crippen LogP contribution in [0.1, 0.15) is 12.5 Å². The number of ether oxygens (including phenoxy) is 1. The van der Waals surface area contributed by atoms with E-state index < -0.39 is 0 Å². The Morgan fingerprint density at radius 2 is 2.00 bits per heavy atom. The van der Waals surface area contributed by atoms with Crippen molar-refractivity contribution < 1.29 is 4.74 Å². The topological polar surface area (TPSA) is 22.1 Å². The summed E-state index contributed by atoms with van der Waals surface area (Å²) in [6.45, 7) is 4.69. The zero-order valence-electron chi connectivity index (χ0n) is 9.60. The molecule has 0 aliphatic carbocycles. The number of hydrogen-bond donors (Lipinski definition) is 0. The van der Waals surface area contributed by atoms with Crippen molar-refractivity contribution in [3.05, 3.63) is 48.2 Å². The van der Waals surface area contributed by atoms with E-state index in [1.807, 2.05) is 25.3 Å². The van der Waals surface area contributed by atoms with E-state index in [-0.39, 0.29) is 0 Å². The van der Waals surface area contributed by atoms with Gasteiger partial charge < -0.3 is 4.74 Å². The van der Waals surface area contributed by atoms with E-state index in [2.05, 4.69) is 36.2 Å². The minimum atomic E-state index is 0.650. The van der Waals surface area contributed by atoms with Crippen LogP contribution in [0.3, 0.4) is 0 Å². The van der Waals surface area contributed by atoms with Gasteiger partial charge in [-0.05, 0) is 25.5 Å². The third kappa shape index (κ3) is 2.40. The lowest BCUT2D eigenvalue weighted by atomic mass is 10.1. The number of nitrogens with zero attached hydrogens (tertiary/aromatic N) is 1. The Bertz CT molecular complexity index is 462. The van der Waals surface area contributed by atoms with Gasteiger partial charge in [0.15, 0.2) is 0 Å². The van der Waals surface area contributed by atoms with Crippen LogP contribution >= 0.6 is 0 Å². The van der Waals surface area contributed by atoms with Crippen LogP contribution < -0.4 is 4.74 Å². The van der Waals surface area contributed by atoms with Gasteiger partial charge in [0.1, 0.15) is 0 Å². The van der Waals surface area contributed by atoms with Crippen molar-refractivity contribution in [2.75, 3.05) is 6.61 Å². The van der Waals surface area contributed by atoms with E-state index in [1.54, 1.807) is 0 Å². The third-order valence-corrected chi connectivity index (χ3v) is 2.38. The molecule has 1 heterocycles. The molecule has 16 heavy (non-hydrogen) atoms. The molecule has 0 aliphatic rings. The van der Waals surface area contributed by atoms with E-state index in [4.69, 9.17) is 4.74 Å². The maximum atomic E-state index is 5.31. The number of aromatic nitrogens is 1. The minimum absolute atomic E-state index is 0.650. The molecule has 0 amide bonds. The Kier molecular flexibility index (Phi) is 3.20. The van der Waals surface area contributed by atoms with Gasteiger partial charge in [-0.15, -0.1) is 0 Å². The average molecular weight is 213 g/mol. The molecule has 0 bridgehead atoms. The van der Waals surface area contributed by atoms with E-state index in [0.717, 1.165) is 5.56 Å². The molecule has 0 atom stereocenters. The molecule has 0 spiro atoms. The van der Waals surface area contributed by atoms with Gasteiger partial charge >= 0.3 is 0 Å². The van der Waals surface area contributed by atoms with Gasteiger partial charge in [-0.25, -0.2) is 4.98 Å². The molecular formula is C14H15NO. The van der Waals surface area contributed by atoms with Crippen molar-refractivity contribution in [3.63, 3.8) is 0 Å². The molecule has 1 aromatic heterocycles. The monoisotopic (exact) mass is 213 g/mol. The summed E-state index contributed by atoms with van der Waals surface area (Å²) >= 11 is 0. The highest BCUT2D eigenvalue weighted by atomic mass is 16.5. The Hall–Kier alpha value is -1.83. The highest BCUT2D eigenvalue weighted by Crippen LogP contribution is 2.21. The predicted octanol–water partition coefficient (Wildman–Crippen LogP) is 3.46. The van der Waals surface area contributed by atoms with Gasteiger partial charge in [0.2, 0.25) is 5.88 Å². The van der Waals surface area contributed by atoms with Crippen molar-refractivity contribution in [1.29, 1.82) is 0 Å². The Balaban J connectivity index is 2.27. The first kappa shape index (κ1) is 10.7. The van der Waals surface area contributed by atoms with Crippen LogP contribution in [0.15, 0.2) is 42.6 Å². The number of hydrogen-bond acceptors (Lipinski definition) is 2. The van der Waals surface area contributed by atoms with Crippen molar-refractivity contribution in [2.45, 2.75) is 13.8 Å². The summed E-state index contributed by atoms with van der Waals surface area (Å²) in [5.41, 5.74) is 3.56. The number of benzene rings is 1. The van der Waals surface area contributed by atoms with Gasteiger partial charge in [-0.3, -0.25) is 0 Å². The molecule has 2 nitrogen and oxygen atoms in total. The second-order valence-electron chi connectivity index (χ2n) is 3.69. The summed E-state index contributed by atoms with van der Waals surface area (Å²) in [6, 6.07) is 12.3. The fourth-order valence-corrected chi connectivity index (χ4v) is 1.61. The van der Waals surface area contributed by atoms with Gasteiger partial charge in [0, 0.05) is 17.8 Å². The van der Waals surface area contributed by atoms with Crippen LogP contribution in [0, 0.1) is 6.92 Å². The lowest BCUT2D eigenvalue weighted by Gasteiger charge is -2.04. The summed E-state index contributed by atoms with van der Waals surface area (Å²) in [6.07, 6.45) is 1.85. The molecule has 2 heteroatoms. The summed E-state index contributed by atoms with van der Waals surface area (Å²) in [5, 5.41) is 0. The highest BCUT2D eigenvalue weighted by Gasteiger charge is 1.99. The maximum absolute atomic E-state index is 5.31. The Morgan fingerprint density at radius 3 is 2.62 bits per heavy atom. The van der Waals surface area contributed by atoms with E-state index >= 15 is 0 Å². The molecule has 0 N–H and O–H groups in total.